The second-order valence-electron chi connectivity index (χ2n) is 11.7. The summed E-state index contributed by atoms with van der Waals surface area (Å²) in [5.41, 5.74) is 1.99. The SMILES string of the molecule is C=CC(=O)OCCCCOC(=O)Oc1ccc(C(=O)Oc2ccc(C(=O)Oc3ccc(OC(=O)c4ccc(OC(=O)c5ccc(C)cc5)cc4)cc3)cc2)cc1. The summed E-state index contributed by atoms with van der Waals surface area (Å²) in [6.07, 6.45) is 1.08. The van der Waals surface area contributed by atoms with E-state index in [2.05, 4.69) is 6.58 Å². The van der Waals surface area contributed by atoms with Crippen molar-refractivity contribution in [2.45, 2.75) is 19.8 Å². The summed E-state index contributed by atoms with van der Waals surface area (Å²) in [5, 5.41) is 0. The summed E-state index contributed by atoms with van der Waals surface area (Å²) in [6, 6.07) is 30.0. The third-order valence-electron chi connectivity index (χ3n) is 7.59. The molecule has 0 unspecified atom stereocenters. The highest BCUT2D eigenvalue weighted by atomic mass is 16.7. The number of carbonyl (C=O) groups excluding carboxylic acids is 6. The third-order valence-corrected chi connectivity index (χ3v) is 7.59. The van der Waals surface area contributed by atoms with E-state index in [9.17, 15) is 28.8 Å². The minimum absolute atomic E-state index is 0.0641. The van der Waals surface area contributed by atoms with E-state index in [4.69, 9.17) is 33.2 Å². The molecule has 0 radical (unpaired) electrons. The lowest BCUT2D eigenvalue weighted by Gasteiger charge is -2.09. The number of rotatable bonds is 15. The van der Waals surface area contributed by atoms with E-state index in [1.807, 2.05) is 19.1 Å². The molecule has 0 spiro atoms. The van der Waals surface area contributed by atoms with E-state index in [1.165, 1.54) is 97.1 Å². The Hall–Kier alpha value is -7.54. The molecule has 13 heteroatoms. The summed E-state index contributed by atoms with van der Waals surface area (Å²) in [6.45, 7) is 5.45. The van der Waals surface area contributed by atoms with Gasteiger partial charge in [-0.3, -0.25) is 0 Å². The van der Waals surface area contributed by atoms with Crippen LogP contribution in [0.4, 0.5) is 4.79 Å². The molecule has 56 heavy (non-hydrogen) atoms. The van der Waals surface area contributed by atoms with Gasteiger partial charge in [0.05, 0.1) is 35.5 Å². The molecule has 0 atom stereocenters. The van der Waals surface area contributed by atoms with Gasteiger partial charge in [-0.05, 0) is 129 Å². The van der Waals surface area contributed by atoms with Crippen molar-refractivity contribution in [2.24, 2.45) is 0 Å². The van der Waals surface area contributed by atoms with E-state index < -0.39 is 36.0 Å². The van der Waals surface area contributed by atoms with Crippen molar-refractivity contribution < 1.29 is 61.9 Å². The fourth-order valence-corrected chi connectivity index (χ4v) is 4.62. The van der Waals surface area contributed by atoms with E-state index >= 15 is 0 Å². The molecule has 5 aromatic carbocycles. The molecule has 284 valence electrons. The summed E-state index contributed by atoms with van der Waals surface area (Å²) in [5.74, 6) is -2.10. The van der Waals surface area contributed by atoms with Gasteiger partial charge in [0.2, 0.25) is 0 Å². The molecule has 0 N–H and O–H groups in total. The smallest absolute Gasteiger partial charge is 0.463 e. The zero-order chi connectivity index (χ0) is 39.9. The number of esters is 5. The van der Waals surface area contributed by atoms with Gasteiger partial charge >= 0.3 is 36.0 Å². The highest BCUT2D eigenvalue weighted by Crippen LogP contribution is 2.23. The van der Waals surface area contributed by atoms with Crippen LogP contribution in [0.25, 0.3) is 0 Å². The van der Waals surface area contributed by atoms with Crippen LogP contribution in [-0.2, 0) is 14.3 Å². The average molecular weight is 759 g/mol. The van der Waals surface area contributed by atoms with Crippen molar-refractivity contribution in [3.63, 3.8) is 0 Å². The molecule has 0 aliphatic rings. The third kappa shape index (κ3) is 12.0. The molecular weight excluding hydrogens is 724 g/mol. The Balaban J connectivity index is 1.03. The van der Waals surface area contributed by atoms with Gasteiger partial charge < -0.3 is 33.2 Å². The van der Waals surface area contributed by atoms with Gasteiger partial charge in [-0.25, -0.2) is 28.8 Å². The Bertz CT molecular complexity index is 2170. The predicted octanol–water partition coefficient (Wildman–Crippen LogP) is 7.90. The van der Waals surface area contributed by atoms with Crippen molar-refractivity contribution in [1.29, 1.82) is 0 Å². The molecule has 0 saturated carbocycles. The maximum absolute atomic E-state index is 12.7. The number of aryl methyl sites for hydroxylation is 1. The lowest BCUT2D eigenvalue weighted by atomic mass is 10.1. The van der Waals surface area contributed by atoms with Crippen LogP contribution in [0, 0.1) is 6.92 Å². The van der Waals surface area contributed by atoms with Crippen LogP contribution in [0.15, 0.2) is 134 Å². The Morgan fingerprint density at radius 3 is 1.05 bits per heavy atom. The first-order chi connectivity index (χ1) is 27.1. The van der Waals surface area contributed by atoms with Gasteiger partial charge in [-0.2, -0.15) is 0 Å². The molecule has 5 aromatic rings. The average Bonchev–Trinajstić information content (AvgIpc) is 3.20. The standard InChI is InChI=1S/C43H34O13/c1-3-38(44)50-26-4-5-27-51-43(49)56-37-20-14-32(15-21-37)40(46)53-34-18-12-31(13-19-34)42(48)55-36-24-22-35(23-25-36)54-41(47)30-10-16-33(17-11-30)52-39(45)29-8-6-28(2)7-9-29/h3,6-25H,1,4-5,26-27H2,2H3. The van der Waals surface area contributed by atoms with E-state index in [0.717, 1.165) is 11.6 Å². The summed E-state index contributed by atoms with van der Waals surface area (Å²) < 4.78 is 36.5. The van der Waals surface area contributed by atoms with Crippen molar-refractivity contribution in [3.05, 3.63) is 162 Å². The number of carbonyl (C=O) groups is 6. The minimum atomic E-state index is -0.930. The molecule has 0 aliphatic carbocycles. The van der Waals surface area contributed by atoms with Crippen LogP contribution < -0.4 is 23.7 Å². The molecule has 0 bridgehead atoms. The topological polar surface area (TPSA) is 167 Å². The summed E-state index contributed by atoms with van der Waals surface area (Å²) in [4.78, 5) is 73.3. The largest absolute Gasteiger partial charge is 0.513 e. The first kappa shape index (κ1) is 39.7. The Kier molecular flexibility index (Phi) is 13.8. The predicted molar refractivity (Wildman–Crippen MR) is 199 cm³/mol. The zero-order valence-corrected chi connectivity index (χ0v) is 30.0. The van der Waals surface area contributed by atoms with Crippen LogP contribution in [0.2, 0.25) is 0 Å². The van der Waals surface area contributed by atoms with Crippen molar-refractivity contribution in [2.75, 3.05) is 13.2 Å². The van der Waals surface area contributed by atoms with Crippen molar-refractivity contribution in [1.82, 2.24) is 0 Å². The molecule has 13 nitrogen and oxygen atoms in total. The monoisotopic (exact) mass is 758 g/mol. The Labute approximate surface area is 320 Å². The highest BCUT2D eigenvalue weighted by molar-refractivity contribution is 5.94. The van der Waals surface area contributed by atoms with Crippen LogP contribution in [0.5, 0.6) is 28.7 Å². The number of unbranched alkanes of at least 4 members (excludes halogenated alkanes) is 1. The normalized spacial score (nSPS) is 10.3. The van der Waals surface area contributed by atoms with Crippen LogP contribution in [-0.4, -0.2) is 49.2 Å². The van der Waals surface area contributed by atoms with Gasteiger partial charge in [-0.1, -0.05) is 24.3 Å². The Morgan fingerprint density at radius 1 is 0.429 bits per heavy atom. The lowest BCUT2D eigenvalue weighted by Crippen LogP contribution is -2.13. The fraction of sp³-hybridized carbons (Fsp3) is 0.116. The molecule has 0 aromatic heterocycles. The molecule has 0 fully saturated rings. The quantitative estimate of drug-likeness (QED) is 0.0333. The molecule has 5 rings (SSSR count). The van der Waals surface area contributed by atoms with Gasteiger partial charge in [0, 0.05) is 6.08 Å². The van der Waals surface area contributed by atoms with Gasteiger partial charge in [0.1, 0.15) is 28.7 Å². The fourth-order valence-electron chi connectivity index (χ4n) is 4.62. The van der Waals surface area contributed by atoms with Crippen LogP contribution in [0.3, 0.4) is 0 Å². The summed E-state index contributed by atoms with van der Waals surface area (Å²) in [7, 11) is 0. The second-order valence-corrected chi connectivity index (χ2v) is 11.7. The number of hydrogen-bond acceptors (Lipinski definition) is 13. The van der Waals surface area contributed by atoms with Crippen LogP contribution >= 0.6 is 0 Å². The number of benzene rings is 5. The summed E-state index contributed by atoms with van der Waals surface area (Å²) >= 11 is 0. The molecule has 0 amide bonds. The number of ether oxygens (including phenoxy) is 7. The minimum Gasteiger partial charge on any atom is -0.463 e. The first-order valence-corrected chi connectivity index (χ1v) is 17.1. The first-order valence-electron chi connectivity index (χ1n) is 17.1. The van der Waals surface area contributed by atoms with Crippen LogP contribution in [0.1, 0.15) is 59.8 Å². The highest BCUT2D eigenvalue weighted by Gasteiger charge is 2.15. The van der Waals surface area contributed by atoms with Gasteiger partial charge in [-0.15, -0.1) is 0 Å². The van der Waals surface area contributed by atoms with E-state index in [1.54, 1.807) is 12.1 Å². The number of hydrogen-bond donors (Lipinski definition) is 0. The van der Waals surface area contributed by atoms with E-state index in [-0.39, 0.29) is 58.7 Å². The van der Waals surface area contributed by atoms with Gasteiger partial charge in [0.15, 0.2) is 0 Å². The lowest BCUT2D eigenvalue weighted by molar-refractivity contribution is -0.137. The molecule has 0 heterocycles. The maximum Gasteiger partial charge on any atom is 0.513 e. The van der Waals surface area contributed by atoms with E-state index in [0.29, 0.717) is 18.4 Å². The maximum atomic E-state index is 12.7. The molecular formula is C43H34O13. The molecule has 0 saturated heterocycles. The Morgan fingerprint density at radius 2 is 0.714 bits per heavy atom. The van der Waals surface area contributed by atoms with Crippen molar-refractivity contribution >= 4 is 36.0 Å². The second kappa shape index (κ2) is 19.5. The molecule has 0 aliphatic heterocycles. The zero-order valence-electron chi connectivity index (χ0n) is 30.0. The van der Waals surface area contributed by atoms with Crippen molar-refractivity contribution in [3.8, 4) is 28.7 Å². The van der Waals surface area contributed by atoms with Gasteiger partial charge in [0.25, 0.3) is 0 Å².